The third-order valence-corrected chi connectivity index (χ3v) is 5.34. The molecule has 2 nitrogen and oxygen atoms in total. The first-order valence-electron chi connectivity index (χ1n) is 5.76. The van der Waals surface area contributed by atoms with E-state index in [4.69, 9.17) is 0 Å². The Morgan fingerprint density at radius 1 is 1.24 bits per heavy atom. The van der Waals surface area contributed by atoms with E-state index < -0.39 is 0 Å². The number of benzene rings is 1. The molecule has 0 spiro atoms. The molecule has 1 saturated carbocycles. The van der Waals surface area contributed by atoms with Gasteiger partial charge in [0.15, 0.2) is 0 Å². The van der Waals surface area contributed by atoms with Crippen LogP contribution in [0.2, 0.25) is 0 Å². The van der Waals surface area contributed by atoms with Crippen LogP contribution in [0.5, 0.6) is 0 Å². The molecule has 88 valence electrons. The summed E-state index contributed by atoms with van der Waals surface area (Å²) in [6.07, 6.45) is 4.28. The lowest BCUT2D eigenvalue weighted by molar-refractivity contribution is 0.682. The molecule has 1 aromatic carbocycles. The molecule has 0 radical (unpaired) electrons. The molecule has 1 aliphatic carbocycles. The highest BCUT2D eigenvalue weighted by Gasteiger charge is 2.41. The van der Waals surface area contributed by atoms with Gasteiger partial charge in [-0.2, -0.15) is 12.6 Å². The molecule has 0 amide bonds. The summed E-state index contributed by atoms with van der Waals surface area (Å²) in [6.45, 7) is 0. The van der Waals surface area contributed by atoms with Crippen LogP contribution < -0.4 is 0 Å². The van der Waals surface area contributed by atoms with Gasteiger partial charge in [-0.25, -0.2) is 9.97 Å². The first-order valence-corrected chi connectivity index (χ1v) is 7.38. The van der Waals surface area contributed by atoms with Crippen LogP contribution in [0.3, 0.4) is 0 Å². The Bertz CT molecular complexity index is 532. The SMILES string of the molecule is SCC1(CSc2ncnc3ccccc23)CC1. The minimum Gasteiger partial charge on any atom is -0.236 e. The average Bonchev–Trinajstić information content (AvgIpc) is 3.17. The van der Waals surface area contributed by atoms with Crippen molar-refractivity contribution in [2.75, 3.05) is 11.5 Å². The van der Waals surface area contributed by atoms with Gasteiger partial charge in [-0.1, -0.05) is 18.2 Å². The van der Waals surface area contributed by atoms with Gasteiger partial charge in [0, 0.05) is 11.1 Å². The van der Waals surface area contributed by atoms with E-state index in [0.29, 0.717) is 5.41 Å². The van der Waals surface area contributed by atoms with Crippen molar-refractivity contribution in [2.45, 2.75) is 17.9 Å². The molecule has 17 heavy (non-hydrogen) atoms. The number of hydrogen-bond donors (Lipinski definition) is 1. The largest absolute Gasteiger partial charge is 0.236 e. The number of rotatable bonds is 4. The molecule has 0 saturated heterocycles. The molecule has 0 aliphatic heterocycles. The highest BCUT2D eigenvalue weighted by atomic mass is 32.2. The highest BCUT2D eigenvalue weighted by Crippen LogP contribution is 2.50. The number of nitrogens with zero attached hydrogens (tertiary/aromatic N) is 2. The molecule has 0 N–H and O–H groups in total. The molecule has 0 unspecified atom stereocenters. The van der Waals surface area contributed by atoms with Gasteiger partial charge in [0.05, 0.1) is 5.52 Å². The van der Waals surface area contributed by atoms with E-state index in [0.717, 1.165) is 27.4 Å². The molecule has 1 aliphatic rings. The highest BCUT2D eigenvalue weighted by molar-refractivity contribution is 7.99. The zero-order valence-electron chi connectivity index (χ0n) is 9.47. The number of thiol groups is 1. The standard InChI is InChI=1S/C13H14N2S2/c16-7-13(5-6-13)8-17-12-10-3-1-2-4-11(10)14-9-15-12/h1-4,9,16H,5-8H2. The monoisotopic (exact) mass is 262 g/mol. The minimum atomic E-state index is 0.472. The van der Waals surface area contributed by atoms with Crippen LogP contribution in [0.1, 0.15) is 12.8 Å². The molecule has 1 heterocycles. The third kappa shape index (κ3) is 2.29. The van der Waals surface area contributed by atoms with E-state index in [2.05, 4.69) is 28.7 Å². The van der Waals surface area contributed by atoms with Gasteiger partial charge >= 0.3 is 0 Å². The molecule has 0 bridgehead atoms. The minimum absolute atomic E-state index is 0.472. The van der Waals surface area contributed by atoms with Crippen molar-refractivity contribution in [1.29, 1.82) is 0 Å². The summed E-state index contributed by atoms with van der Waals surface area (Å²) >= 11 is 6.28. The second kappa shape index (κ2) is 4.50. The van der Waals surface area contributed by atoms with Crippen molar-refractivity contribution in [3.63, 3.8) is 0 Å². The Kier molecular flexibility index (Phi) is 3.01. The predicted octanol–water partition coefficient (Wildman–Crippen LogP) is 3.43. The van der Waals surface area contributed by atoms with Crippen LogP contribution in [0.4, 0.5) is 0 Å². The van der Waals surface area contributed by atoms with Gasteiger partial charge in [0.2, 0.25) is 0 Å². The van der Waals surface area contributed by atoms with Crippen LogP contribution in [-0.4, -0.2) is 21.5 Å². The van der Waals surface area contributed by atoms with Crippen LogP contribution >= 0.6 is 24.4 Å². The van der Waals surface area contributed by atoms with E-state index in [9.17, 15) is 0 Å². The molecule has 3 rings (SSSR count). The lowest BCUT2D eigenvalue weighted by Gasteiger charge is -2.11. The fraction of sp³-hybridized carbons (Fsp3) is 0.385. The molecule has 1 fully saturated rings. The smallest absolute Gasteiger partial charge is 0.117 e. The van der Waals surface area contributed by atoms with Crippen LogP contribution in [0, 0.1) is 5.41 Å². The Hall–Kier alpha value is -0.740. The molecule has 1 aromatic heterocycles. The summed E-state index contributed by atoms with van der Waals surface area (Å²) in [5, 5.41) is 2.26. The van der Waals surface area contributed by atoms with E-state index >= 15 is 0 Å². The Labute approximate surface area is 111 Å². The van der Waals surface area contributed by atoms with Gasteiger partial charge < -0.3 is 0 Å². The number of thioether (sulfide) groups is 1. The van der Waals surface area contributed by atoms with Crippen molar-refractivity contribution < 1.29 is 0 Å². The van der Waals surface area contributed by atoms with Crippen LogP contribution in [0.25, 0.3) is 10.9 Å². The zero-order valence-corrected chi connectivity index (χ0v) is 11.2. The topological polar surface area (TPSA) is 25.8 Å². The Balaban J connectivity index is 1.85. The third-order valence-electron chi connectivity index (χ3n) is 3.31. The normalized spacial score (nSPS) is 17.2. The van der Waals surface area contributed by atoms with E-state index in [-0.39, 0.29) is 0 Å². The number of aromatic nitrogens is 2. The van der Waals surface area contributed by atoms with E-state index in [1.165, 1.54) is 12.8 Å². The maximum atomic E-state index is 4.44. The fourth-order valence-corrected chi connectivity index (χ4v) is 3.70. The van der Waals surface area contributed by atoms with Crippen molar-refractivity contribution in [3.05, 3.63) is 30.6 Å². The second-order valence-corrected chi connectivity index (χ2v) is 5.92. The van der Waals surface area contributed by atoms with Crippen molar-refractivity contribution >= 4 is 35.3 Å². The molecule has 0 atom stereocenters. The molecular formula is C13H14N2S2. The van der Waals surface area contributed by atoms with Crippen molar-refractivity contribution in [2.24, 2.45) is 5.41 Å². The molecule has 2 aromatic rings. The molecule has 4 heteroatoms. The second-order valence-electron chi connectivity index (χ2n) is 4.64. The van der Waals surface area contributed by atoms with Gasteiger partial charge in [0.1, 0.15) is 11.4 Å². The summed E-state index contributed by atoms with van der Waals surface area (Å²) < 4.78 is 0. The summed E-state index contributed by atoms with van der Waals surface area (Å²) in [5.74, 6) is 2.11. The fourth-order valence-electron chi connectivity index (χ4n) is 1.84. The number of hydrogen-bond acceptors (Lipinski definition) is 4. The quantitative estimate of drug-likeness (QED) is 0.519. The maximum absolute atomic E-state index is 4.44. The van der Waals surface area contributed by atoms with Gasteiger partial charge in [-0.05, 0) is 30.1 Å². The summed E-state index contributed by atoms with van der Waals surface area (Å²) in [4.78, 5) is 8.68. The van der Waals surface area contributed by atoms with Gasteiger partial charge in [-0.3, -0.25) is 0 Å². The Morgan fingerprint density at radius 3 is 2.82 bits per heavy atom. The number of fused-ring (bicyclic) bond motifs is 1. The first kappa shape index (κ1) is 11.4. The first-order chi connectivity index (χ1) is 8.33. The van der Waals surface area contributed by atoms with Crippen LogP contribution in [0.15, 0.2) is 35.6 Å². The van der Waals surface area contributed by atoms with Gasteiger partial charge in [0.25, 0.3) is 0 Å². The summed E-state index contributed by atoms with van der Waals surface area (Å²) in [6, 6.07) is 8.19. The van der Waals surface area contributed by atoms with Crippen LogP contribution in [-0.2, 0) is 0 Å². The molecular weight excluding hydrogens is 248 g/mol. The lowest BCUT2D eigenvalue weighted by Crippen LogP contribution is -2.05. The lowest BCUT2D eigenvalue weighted by atomic mass is 10.2. The Morgan fingerprint density at radius 2 is 2.06 bits per heavy atom. The average molecular weight is 262 g/mol. The predicted molar refractivity (Wildman–Crippen MR) is 75.8 cm³/mol. The summed E-state index contributed by atoms with van der Waals surface area (Å²) in [5.41, 5.74) is 1.50. The zero-order chi connectivity index (χ0) is 11.7. The van der Waals surface area contributed by atoms with Crippen molar-refractivity contribution in [1.82, 2.24) is 9.97 Å². The number of para-hydroxylation sites is 1. The summed E-state index contributed by atoms with van der Waals surface area (Å²) in [7, 11) is 0. The van der Waals surface area contributed by atoms with Gasteiger partial charge in [-0.15, -0.1) is 11.8 Å². The van der Waals surface area contributed by atoms with E-state index in [1.54, 1.807) is 6.33 Å². The maximum Gasteiger partial charge on any atom is 0.117 e. The van der Waals surface area contributed by atoms with Crippen molar-refractivity contribution in [3.8, 4) is 0 Å². The van der Waals surface area contributed by atoms with E-state index in [1.807, 2.05) is 30.0 Å².